The Morgan fingerprint density at radius 2 is 1.94 bits per heavy atom. The molecular formula is C16H28BrN. The minimum absolute atomic E-state index is 0.604. The molecule has 3 atom stereocenters. The first-order chi connectivity index (χ1) is 8.71. The van der Waals surface area contributed by atoms with Crippen molar-refractivity contribution in [1.82, 2.24) is 4.90 Å². The Kier molecular flexibility index (Phi) is 4.06. The Bertz CT molecular complexity index is 285. The van der Waals surface area contributed by atoms with Crippen LogP contribution >= 0.6 is 15.9 Å². The number of alkyl halides is 1. The second-order valence-corrected chi connectivity index (χ2v) is 8.03. The van der Waals surface area contributed by atoms with Crippen LogP contribution in [-0.4, -0.2) is 30.4 Å². The summed E-state index contributed by atoms with van der Waals surface area (Å²) in [7, 11) is 2.37. The highest BCUT2D eigenvalue weighted by molar-refractivity contribution is 9.09. The Labute approximate surface area is 121 Å². The smallest absolute Gasteiger partial charge is 0.0100 e. The van der Waals surface area contributed by atoms with Gasteiger partial charge in [-0.05, 0) is 62.3 Å². The van der Waals surface area contributed by atoms with Crippen molar-refractivity contribution in [3.63, 3.8) is 0 Å². The minimum atomic E-state index is 0.604. The molecule has 0 N–H and O–H groups in total. The monoisotopic (exact) mass is 313 g/mol. The van der Waals surface area contributed by atoms with E-state index in [9.17, 15) is 0 Å². The highest BCUT2D eigenvalue weighted by atomic mass is 79.9. The van der Waals surface area contributed by atoms with Gasteiger partial charge in [0.25, 0.3) is 0 Å². The van der Waals surface area contributed by atoms with Crippen molar-refractivity contribution in [3.8, 4) is 0 Å². The third kappa shape index (κ3) is 2.65. The van der Waals surface area contributed by atoms with Gasteiger partial charge in [0.15, 0.2) is 0 Å². The van der Waals surface area contributed by atoms with Gasteiger partial charge in [-0.1, -0.05) is 35.2 Å². The highest BCUT2D eigenvalue weighted by Crippen LogP contribution is 2.48. The third-order valence-corrected chi connectivity index (χ3v) is 7.17. The quantitative estimate of drug-likeness (QED) is 0.684. The lowest BCUT2D eigenvalue weighted by molar-refractivity contribution is 0.158. The molecule has 0 heterocycles. The van der Waals surface area contributed by atoms with E-state index in [1.54, 1.807) is 6.42 Å². The number of halogens is 1. The summed E-state index contributed by atoms with van der Waals surface area (Å²) in [6, 6.07) is 0. The second-order valence-electron chi connectivity index (χ2n) is 7.47. The van der Waals surface area contributed by atoms with Crippen LogP contribution in [0.4, 0.5) is 0 Å². The predicted octanol–water partition coefficient (Wildman–Crippen LogP) is 4.31. The maximum absolute atomic E-state index is 3.78. The van der Waals surface area contributed by atoms with Gasteiger partial charge < -0.3 is 4.90 Å². The van der Waals surface area contributed by atoms with Crippen LogP contribution < -0.4 is 0 Å². The van der Waals surface area contributed by atoms with Crippen LogP contribution in [0.1, 0.15) is 51.4 Å². The average Bonchev–Trinajstić information content (AvgIpc) is 3.04. The third-order valence-electron chi connectivity index (χ3n) is 5.98. The highest BCUT2D eigenvalue weighted by Gasteiger charge is 2.40. The van der Waals surface area contributed by atoms with Gasteiger partial charge in [-0.25, -0.2) is 0 Å². The molecule has 3 aliphatic rings. The lowest BCUT2D eigenvalue weighted by Crippen LogP contribution is -2.38. The topological polar surface area (TPSA) is 3.24 Å². The fraction of sp³-hybridized carbons (Fsp3) is 1.00. The van der Waals surface area contributed by atoms with Crippen molar-refractivity contribution >= 4 is 15.9 Å². The normalized spacial score (nSPS) is 37.8. The first kappa shape index (κ1) is 13.4. The van der Waals surface area contributed by atoms with E-state index >= 15 is 0 Å². The van der Waals surface area contributed by atoms with Gasteiger partial charge in [0, 0.05) is 18.4 Å². The first-order valence-electron chi connectivity index (χ1n) is 7.95. The fourth-order valence-electron chi connectivity index (χ4n) is 5.10. The summed E-state index contributed by atoms with van der Waals surface area (Å²) < 4.78 is 0. The standard InChI is InChI=1S/C16H28BrN/c1-18(12-16(11-17)6-2-3-7-16)10-15-9-13-4-5-14(15)8-13/h13-15H,2-12H2,1H3. The Morgan fingerprint density at radius 3 is 2.50 bits per heavy atom. The molecule has 0 spiro atoms. The molecule has 0 aliphatic heterocycles. The molecule has 1 nitrogen and oxygen atoms in total. The van der Waals surface area contributed by atoms with E-state index in [2.05, 4.69) is 27.9 Å². The van der Waals surface area contributed by atoms with E-state index in [1.165, 1.54) is 63.4 Å². The summed E-state index contributed by atoms with van der Waals surface area (Å²) in [5.41, 5.74) is 0.604. The molecule has 0 radical (unpaired) electrons. The van der Waals surface area contributed by atoms with Crippen LogP contribution in [0.25, 0.3) is 0 Å². The molecule has 18 heavy (non-hydrogen) atoms. The lowest BCUT2D eigenvalue weighted by atomic mass is 9.86. The van der Waals surface area contributed by atoms with Crippen molar-refractivity contribution in [2.24, 2.45) is 23.2 Å². The molecule has 0 aromatic carbocycles. The zero-order valence-corrected chi connectivity index (χ0v) is 13.4. The molecule has 0 aromatic rings. The molecule has 104 valence electrons. The molecule has 3 aliphatic carbocycles. The fourth-order valence-corrected chi connectivity index (χ4v) is 5.83. The summed E-state index contributed by atoms with van der Waals surface area (Å²) in [5, 5.41) is 1.21. The molecule has 0 aromatic heterocycles. The van der Waals surface area contributed by atoms with Gasteiger partial charge in [0.1, 0.15) is 0 Å². The molecule has 0 amide bonds. The van der Waals surface area contributed by atoms with Crippen LogP contribution in [0.15, 0.2) is 0 Å². The van der Waals surface area contributed by atoms with Crippen LogP contribution in [0, 0.1) is 23.2 Å². The van der Waals surface area contributed by atoms with Gasteiger partial charge >= 0.3 is 0 Å². The zero-order valence-electron chi connectivity index (χ0n) is 11.8. The maximum atomic E-state index is 3.78. The number of rotatable bonds is 5. The molecule has 3 rings (SSSR count). The van der Waals surface area contributed by atoms with Crippen molar-refractivity contribution in [2.45, 2.75) is 51.4 Å². The summed E-state index contributed by atoms with van der Waals surface area (Å²) >= 11 is 3.78. The van der Waals surface area contributed by atoms with Crippen molar-refractivity contribution in [2.75, 3.05) is 25.5 Å². The Morgan fingerprint density at radius 1 is 1.17 bits per heavy atom. The van der Waals surface area contributed by atoms with Gasteiger partial charge in [0.05, 0.1) is 0 Å². The first-order valence-corrected chi connectivity index (χ1v) is 9.07. The van der Waals surface area contributed by atoms with E-state index in [4.69, 9.17) is 0 Å². The van der Waals surface area contributed by atoms with E-state index in [1.807, 2.05) is 0 Å². The second kappa shape index (κ2) is 5.44. The summed E-state index contributed by atoms with van der Waals surface area (Å²) in [4.78, 5) is 2.66. The van der Waals surface area contributed by atoms with E-state index in [0.29, 0.717) is 5.41 Å². The van der Waals surface area contributed by atoms with Crippen molar-refractivity contribution in [3.05, 3.63) is 0 Å². The molecule has 2 bridgehead atoms. The summed E-state index contributed by atoms with van der Waals surface area (Å²) in [6.07, 6.45) is 12.0. The Hall–Kier alpha value is 0.440. The maximum Gasteiger partial charge on any atom is 0.0100 e. The Balaban J connectivity index is 1.51. The van der Waals surface area contributed by atoms with Crippen molar-refractivity contribution < 1.29 is 0 Å². The molecule has 3 saturated carbocycles. The zero-order chi connectivity index (χ0) is 12.6. The summed E-state index contributed by atoms with van der Waals surface area (Å²) in [6.45, 7) is 2.70. The number of nitrogens with zero attached hydrogens (tertiary/aromatic N) is 1. The van der Waals surface area contributed by atoms with E-state index in [0.717, 1.165) is 17.8 Å². The number of hydrogen-bond donors (Lipinski definition) is 0. The predicted molar refractivity (Wildman–Crippen MR) is 81.1 cm³/mol. The van der Waals surface area contributed by atoms with E-state index < -0.39 is 0 Å². The van der Waals surface area contributed by atoms with Crippen LogP contribution in [0.2, 0.25) is 0 Å². The molecule has 3 unspecified atom stereocenters. The largest absolute Gasteiger partial charge is 0.306 e. The number of hydrogen-bond acceptors (Lipinski definition) is 1. The molecule has 3 fully saturated rings. The van der Waals surface area contributed by atoms with Gasteiger partial charge in [-0.3, -0.25) is 0 Å². The van der Waals surface area contributed by atoms with E-state index in [-0.39, 0.29) is 0 Å². The van der Waals surface area contributed by atoms with Crippen LogP contribution in [-0.2, 0) is 0 Å². The number of fused-ring (bicyclic) bond motifs is 2. The molecule has 2 heteroatoms. The SMILES string of the molecule is CN(CC1CC2CCC1C2)CC1(CBr)CCCC1. The molecule has 0 saturated heterocycles. The molecular weight excluding hydrogens is 286 g/mol. The minimum Gasteiger partial charge on any atom is -0.306 e. The lowest BCUT2D eigenvalue weighted by Gasteiger charge is -2.34. The van der Waals surface area contributed by atoms with Gasteiger partial charge in [-0.15, -0.1) is 0 Å². The van der Waals surface area contributed by atoms with Gasteiger partial charge in [-0.2, -0.15) is 0 Å². The van der Waals surface area contributed by atoms with Crippen LogP contribution in [0.5, 0.6) is 0 Å². The van der Waals surface area contributed by atoms with Gasteiger partial charge in [0.2, 0.25) is 0 Å². The summed E-state index contributed by atoms with van der Waals surface area (Å²) in [5.74, 6) is 3.22. The van der Waals surface area contributed by atoms with Crippen molar-refractivity contribution in [1.29, 1.82) is 0 Å². The van der Waals surface area contributed by atoms with Crippen LogP contribution in [0.3, 0.4) is 0 Å². The average molecular weight is 314 g/mol.